The van der Waals surface area contributed by atoms with Crippen LogP contribution in [-0.2, 0) is 4.74 Å². The highest BCUT2D eigenvalue weighted by molar-refractivity contribution is 5.71. The minimum absolute atomic E-state index is 0.388. The van der Waals surface area contributed by atoms with Gasteiger partial charge in [-0.05, 0) is 58.7 Å². The van der Waals surface area contributed by atoms with Crippen molar-refractivity contribution in [1.29, 1.82) is 0 Å². The lowest BCUT2D eigenvalue weighted by molar-refractivity contribution is -0.105. The third-order valence-corrected chi connectivity index (χ3v) is 3.84. The third kappa shape index (κ3) is 3.40. The lowest BCUT2D eigenvalue weighted by atomic mass is 9.77. The van der Waals surface area contributed by atoms with Gasteiger partial charge in [-0.1, -0.05) is 12.1 Å². The van der Waals surface area contributed by atoms with E-state index in [1.54, 1.807) is 37.8 Å². The van der Waals surface area contributed by atoms with Crippen molar-refractivity contribution in [3.8, 4) is 0 Å². The summed E-state index contributed by atoms with van der Waals surface area (Å²) in [7, 11) is 0. The molecule has 22 heavy (non-hydrogen) atoms. The van der Waals surface area contributed by atoms with Crippen molar-refractivity contribution in [2.45, 2.75) is 64.3 Å². The second-order valence-electron chi connectivity index (χ2n) is 7.43. The van der Waals surface area contributed by atoms with Gasteiger partial charge in [0.2, 0.25) is 0 Å². The van der Waals surface area contributed by atoms with Crippen LogP contribution < -0.4 is 0 Å². The summed E-state index contributed by atoms with van der Waals surface area (Å²) in [4.78, 5) is 13.9. The van der Waals surface area contributed by atoms with Crippen LogP contribution in [0.4, 0.5) is 9.18 Å². The van der Waals surface area contributed by atoms with Gasteiger partial charge in [0.25, 0.3) is 0 Å². The van der Waals surface area contributed by atoms with Gasteiger partial charge in [-0.3, -0.25) is 4.90 Å². The predicted molar refractivity (Wildman–Crippen MR) is 81.9 cm³/mol. The standard InChI is InChI=1S/C17H24FNO3/c1-16(2,3)22-15(21)19-13(10-17(19,4)5)14(20)11-7-6-8-12(18)9-11/h6-9,13-14,20H,10H2,1-5H3/t13-,14-/m1/s1. The van der Waals surface area contributed by atoms with Crippen molar-refractivity contribution < 1.29 is 19.0 Å². The number of ether oxygens (including phenoxy) is 1. The number of halogens is 1. The molecule has 0 spiro atoms. The van der Waals surface area contributed by atoms with E-state index in [4.69, 9.17) is 4.74 Å². The summed E-state index contributed by atoms with van der Waals surface area (Å²) < 4.78 is 18.7. The summed E-state index contributed by atoms with van der Waals surface area (Å²) in [6.45, 7) is 9.25. The molecule has 0 unspecified atom stereocenters. The molecule has 5 heteroatoms. The maximum atomic E-state index is 13.3. The van der Waals surface area contributed by atoms with Crippen molar-refractivity contribution in [1.82, 2.24) is 4.90 Å². The molecule has 122 valence electrons. The van der Waals surface area contributed by atoms with Crippen LogP contribution in [0.15, 0.2) is 24.3 Å². The molecule has 0 aliphatic carbocycles. The van der Waals surface area contributed by atoms with Crippen LogP contribution in [-0.4, -0.2) is 33.3 Å². The molecule has 2 rings (SSSR count). The van der Waals surface area contributed by atoms with E-state index in [0.29, 0.717) is 12.0 Å². The molecule has 1 fully saturated rings. The van der Waals surface area contributed by atoms with Crippen LogP contribution in [0, 0.1) is 5.82 Å². The number of hydrogen-bond donors (Lipinski definition) is 1. The molecule has 0 radical (unpaired) electrons. The second-order valence-corrected chi connectivity index (χ2v) is 7.43. The smallest absolute Gasteiger partial charge is 0.411 e. The van der Waals surface area contributed by atoms with E-state index >= 15 is 0 Å². The van der Waals surface area contributed by atoms with Crippen molar-refractivity contribution in [2.75, 3.05) is 0 Å². The summed E-state index contributed by atoms with van der Waals surface area (Å²) in [6, 6.07) is 5.42. The predicted octanol–water partition coefficient (Wildman–Crippen LogP) is 3.65. The zero-order valence-electron chi connectivity index (χ0n) is 13.8. The number of aliphatic hydroxyl groups is 1. The molecule has 2 atom stereocenters. The maximum absolute atomic E-state index is 13.3. The van der Waals surface area contributed by atoms with Crippen LogP contribution in [0.3, 0.4) is 0 Å². The Hall–Kier alpha value is -1.62. The highest BCUT2D eigenvalue weighted by Crippen LogP contribution is 2.43. The molecule has 0 saturated carbocycles. The van der Waals surface area contributed by atoms with Gasteiger partial charge in [0.05, 0.1) is 12.1 Å². The lowest BCUT2D eigenvalue weighted by Gasteiger charge is -2.56. The van der Waals surface area contributed by atoms with E-state index in [-0.39, 0.29) is 5.54 Å². The Labute approximate surface area is 130 Å². The summed E-state index contributed by atoms with van der Waals surface area (Å²) in [6.07, 6.45) is -0.760. The van der Waals surface area contributed by atoms with Gasteiger partial charge < -0.3 is 9.84 Å². The molecule has 1 amide bonds. The molecule has 1 aromatic rings. The number of rotatable bonds is 2. The molecular weight excluding hydrogens is 285 g/mol. The average Bonchev–Trinajstić information content (AvgIpc) is 2.33. The molecule has 0 aromatic heterocycles. The van der Waals surface area contributed by atoms with Gasteiger partial charge >= 0.3 is 6.09 Å². The molecule has 1 heterocycles. The van der Waals surface area contributed by atoms with Gasteiger partial charge in [0.15, 0.2) is 0 Å². The number of carbonyl (C=O) groups excluding carboxylic acids is 1. The molecule has 1 aromatic carbocycles. The number of nitrogens with zero attached hydrogens (tertiary/aromatic N) is 1. The average molecular weight is 309 g/mol. The van der Waals surface area contributed by atoms with Crippen molar-refractivity contribution in [3.63, 3.8) is 0 Å². The van der Waals surface area contributed by atoms with Gasteiger partial charge in [-0.25, -0.2) is 9.18 Å². The fourth-order valence-corrected chi connectivity index (χ4v) is 2.90. The van der Waals surface area contributed by atoms with Gasteiger partial charge in [-0.2, -0.15) is 0 Å². The van der Waals surface area contributed by atoms with E-state index < -0.39 is 29.7 Å². The first kappa shape index (κ1) is 16.7. The highest BCUT2D eigenvalue weighted by atomic mass is 19.1. The molecule has 1 saturated heterocycles. The SMILES string of the molecule is CC(C)(C)OC(=O)N1[C@@H]([C@H](O)c2cccc(F)c2)CC1(C)C. The molecule has 1 N–H and O–H groups in total. The van der Waals surface area contributed by atoms with Crippen molar-refractivity contribution in [2.24, 2.45) is 0 Å². The summed E-state index contributed by atoms with van der Waals surface area (Å²) in [5, 5.41) is 10.5. The van der Waals surface area contributed by atoms with E-state index in [1.165, 1.54) is 12.1 Å². The maximum Gasteiger partial charge on any atom is 0.411 e. The van der Waals surface area contributed by atoms with Crippen molar-refractivity contribution >= 4 is 6.09 Å². The van der Waals surface area contributed by atoms with Crippen LogP contribution in [0.2, 0.25) is 0 Å². The highest BCUT2D eigenvalue weighted by Gasteiger charge is 2.52. The van der Waals surface area contributed by atoms with Gasteiger partial charge in [-0.15, -0.1) is 0 Å². The minimum Gasteiger partial charge on any atom is -0.444 e. The minimum atomic E-state index is -0.934. The monoisotopic (exact) mass is 309 g/mol. The zero-order valence-corrected chi connectivity index (χ0v) is 13.8. The first-order chi connectivity index (χ1) is 10.0. The Bertz CT molecular complexity index is 565. The van der Waals surface area contributed by atoms with E-state index in [1.807, 2.05) is 13.8 Å². The van der Waals surface area contributed by atoms with Crippen molar-refractivity contribution in [3.05, 3.63) is 35.6 Å². The number of likely N-dealkylation sites (tertiary alicyclic amines) is 1. The van der Waals surface area contributed by atoms with E-state index in [2.05, 4.69) is 0 Å². The fraction of sp³-hybridized carbons (Fsp3) is 0.588. The van der Waals surface area contributed by atoms with Gasteiger partial charge in [0, 0.05) is 5.54 Å². The number of aliphatic hydroxyl groups excluding tert-OH is 1. The fourth-order valence-electron chi connectivity index (χ4n) is 2.90. The van der Waals surface area contributed by atoms with Gasteiger partial charge in [0.1, 0.15) is 11.4 Å². The normalized spacial score (nSPS) is 22.0. The van der Waals surface area contributed by atoms with Crippen LogP contribution in [0.25, 0.3) is 0 Å². The lowest BCUT2D eigenvalue weighted by Crippen LogP contribution is -2.67. The first-order valence-corrected chi connectivity index (χ1v) is 7.47. The van der Waals surface area contributed by atoms with Crippen LogP contribution in [0.5, 0.6) is 0 Å². The number of amides is 1. The summed E-state index contributed by atoms with van der Waals surface area (Å²) in [5.74, 6) is -0.404. The van der Waals surface area contributed by atoms with Crippen LogP contribution >= 0.6 is 0 Å². The molecule has 0 bridgehead atoms. The topological polar surface area (TPSA) is 49.8 Å². The molecule has 1 aliphatic heterocycles. The largest absolute Gasteiger partial charge is 0.444 e. The number of hydrogen-bond acceptors (Lipinski definition) is 3. The Balaban J connectivity index is 2.19. The number of carbonyl (C=O) groups is 1. The van der Waals surface area contributed by atoms with Crippen LogP contribution in [0.1, 0.15) is 52.7 Å². The molecular formula is C17H24FNO3. The quantitative estimate of drug-likeness (QED) is 0.907. The molecule has 4 nitrogen and oxygen atoms in total. The molecule has 1 aliphatic rings. The summed E-state index contributed by atoms with van der Waals surface area (Å²) >= 11 is 0. The third-order valence-electron chi connectivity index (χ3n) is 3.84. The van der Waals surface area contributed by atoms with E-state index in [0.717, 1.165) is 0 Å². The Kier molecular flexibility index (Phi) is 4.22. The summed E-state index contributed by atoms with van der Waals surface area (Å²) in [5.41, 5.74) is -0.521. The Morgan fingerprint density at radius 1 is 1.45 bits per heavy atom. The number of benzene rings is 1. The second kappa shape index (κ2) is 5.54. The zero-order chi connectivity index (χ0) is 16.7. The Morgan fingerprint density at radius 2 is 2.09 bits per heavy atom. The Morgan fingerprint density at radius 3 is 2.59 bits per heavy atom. The van der Waals surface area contributed by atoms with E-state index in [9.17, 15) is 14.3 Å². The first-order valence-electron chi connectivity index (χ1n) is 7.47.